The predicted molar refractivity (Wildman–Crippen MR) is 82.9 cm³/mol. The number of rotatable bonds is 8. The minimum Gasteiger partial charge on any atom is -0.452 e. The summed E-state index contributed by atoms with van der Waals surface area (Å²) in [6.45, 7) is 0.0981. The standard InChI is InChI=1S/C13H17ClN2O6S/c1-15-23(19,20)9-3-4-11(14)10(7-9)13(18)22-8-12(17)16-5-6-21-2/h3-4,7,15H,5-6,8H2,1-2H3,(H,16,17). The van der Waals surface area contributed by atoms with Crippen LogP contribution in [0.15, 0.2) is 23.1 Å². The Morgan fingerprint density at radius 2 is 2.00 bits per heavy atom. The fourth-order valence-electron chi connectivity index (χ4n) is 1.50. The Labute approximate surface area is 139 Å². The lowest BCUT2D eigenvalue weighted by Gasteiger charge is -2.09. The highest BCUT2D eigenvalue weighted by atomic mass is 35.5. The van der Waals surface area contributed by atoms with Crippen molar-refractivity contribution in [2.24, 2.45) is 0 Å². The van der Waals surface area contributed by atoms with Gasteiger partial charge in [-0.15, -0.1) is 0 Å². The van der Waals surface area contributed by atoms with E-state index in [1.165, 1.54) is 26.3 Å². The van der Waals surface area contributed by atoms with Crippen molar-refractivity contribution < 1.29 is 27.5 Å². The molecule has 0 heterocycles. The van der Waals surface area contributed by atoms with E-state index in [9.17, 15) is 18.0 Å². The largest absolute Gasteiger partial charge is 0.452 e. The van der Waals surface area contributed by atoms with E-state index in [2.05, 4.69) is 10.0 Å². The Morgan fingerprint density at radius 3 is 2.61 bits per heavy atom. The molecule has 0 spiro atoms. The third-order valence-corrected chi connectivity index (χ3v) is 4.44. The van der Waals surface area contributed by atoms with E-state index < -0.39 is 28.5 Å². The van der Waals surface area contributed by atoms with Crippen molar-refractivity contribution in [1.29, 1.82) is 0 Å². The second-order valence-electron chi connectivity index (χ2n) is 4.27. The van der Waals surface area contributed by atoms with Gasteiger partial charge in [-0.1, -0.05) is 11.6 Å². The van der Waals surface area contributed by atoms with Crippen LogP contribution in [0.4, 0.5) is 0 Å². The minimum absolute atomic E-state index is 0.0184. The molecule has 10 heteroatoms. The molecule has 0 fully saturated rings. The topological polar surface area (TPSA) is 111 Å². The van der Waals surface area contributed by atoms with Gasteiger partial charge in [-0.25, -0.2) is 17.9 Å². The SMILES string of the molecule is CNS(=O)(=O)c1ccc(Cl)c(C(=O)OCC(=O)NCCOC)c1. The summed E-state index contributed by atoms with van der Waals surface area (Å²) in [5.74, 6) is -1.41. The molecule has 2 N–H and O–H groups in total. The zero-order valence-electron chi connectivity index (χ0n) is 12.6. The summed E-state index contributed by atoms with van der Waals surface area (Å²) in [5, 5.41) is 2.49. The first-order valence-electron chi connectivity index (χ1n) is 6.47. The molecule has 0 aliphatic heterocycles. The van der Waals surface area contributed by atoms with Gasteiger partial charge in [0.05, 0.1) is 22.1 Å². The van der Waals surface area contributed by atoms with Crippen LogP contribution in [-0.2, 0) is 24.3 Å². The quantitative estimate of drug-likeness (QED) is 0.502. The smallest absolute Gasteiger partial charge is 0.340 e. The number of benzene rings is 1. The zero-order chi connectivity index (χ0) is 17.5. The maximum absolute atomic E-state index is 11.9. The Bertz CT molecular complexity index is 677. The van der Waals surface area contributed by atoms with Crippen molar-refractivity contribution in [2.45, 2.75) is 4.90 Å². The van der Waals surface area contributed by atoms with E-state index in [0.717, 1.165) is 6.07 Å². The maximum Gasteiger partial charge on any atom is 0.340 e. The lowest BCUT2D eigenvalue weighted by atomic mass is 10.2. The first-order valence-corrected chi connectivity index (χ1v) is 8.33. The van der Waals surface area contributed by atoms with Gasteiger partial charge in [-0.3, -0.25) is 4.79 Å². The molecule has 1 rings (SSSR count). The third-order valence-electron chi connectivity index (χ3n) is 2.70. The molecule has 8 nitrogen and oxygen atoms in total. The van der Waals surface area contributed by atoms with Crippen LogP contribution < -0.4 is 10.0 Å². The minimum atomic E-state index is -3.73. The number of hydrogen-bond acceptors (Lipinski definition) is 6. The van der Waals surface area contributed by atoms with Gasteiger partial charge in [0.2, 0.25) is 10.0 Å². The van der Waals surface area contributed by atoms with E-state index in [4.69, 9.17) is 21.1 Å². The second-order valence-corrected chi connectivity index (χ2v) is 6.56. The van der Waals surface area contributed by atoms with Crippen LogP contribution in [0.3, 0.4) is 0 Å². The lowest BCUT2D eigenvalue weighted by molar-refractivity contribution is -0.124. The first kappa shape index (κ1) is 19.4. The summed E-state index contributed by atoms with van der Waals surface area (Å²) in [7, 11) is -0.998. The molecule has 0 unspecified atom stereocenters. The summed E-state index contributed by atoms with van der Waals surface area (Å²) in [4.78, 5) is 23.2. The van der Waals surface area contributed by atoms with Gasteiger partial charge in [0, 0.05) is 13.7 Å². The molecule has 0 saturated heterocycles. The molecule has 1 aromatic rings. The van der Waals surface area contributed by atoms with E-state index in [1.807, 2.05) is 0 Å². The van der Waals surface area contributed by atoms with E-state index in [0.29, 0.717) is 6.61 Å². The average molecular weight is 365 g/mol. The van der Waals surface area contributed by atoms with Crippen LogP contribution in [0.2, 0.25) is 5.02 Å². The monoisotopic (exact) mass is 364 g/mol. The molecule has 0 atom stereocenters. The van der Waals surface area contributed by atoms with Crippen LogP contribution in [0, 0.1) is 0 Å². The Hall–Kier alpha value is -1.68. The molecule has 1 amide bonds. The van der Waals surface area contributed by atoms with E-state index >= 15 is 0 Å². The number of carbonyl (C=O) groups excluding carboxylic acids is 2. The van der Waals surface area contributed by atoms with Gasteiger partial charge in [-0.05, 0) is 25.2 Å². The van der Waals surface area contributed by atoms with Crippen LogP contribution >= 0.6 is 11.6 Å². The highest BCUT2D eigenvalue weighted by Crippen LogP contribution is 2.21. The molecule has 1 aromatic carbocycles. The molecule has 0 aliphatic rings. The third kappa shape index (κ3) is 5.79. The number of methoxy groups -OCH3 is 1. The molecule has 0 saturated carbocycles. The number of ether oxygens (including phenoxy) is 2. The molecule has 23 heavy (non-hydrogen) atoms. The second kappa shape index (κ2) is 8.82. The van der Waals surface area contributed by atoms with Gasteiger partial charge in [0.1, 0.15) is 0 Å². The molecule has 0 radical (unpaired) electrons. The van der Waals surface area contributed by atoms with Gasteiger partial charge in [0.15, 0.2) is 6.61 Å². The number of nitrogens with one attached hydrogen (secondary N) is 2. The molecule has 0 aromatic heterocycles. The zero-order valence-corrected chi connectivity index (χ0v) is 14.2. The van der Waals surface area contributed by atoms with Crippen LogP contribution in [-0.4, -0.2) is 54.2 Å². The number of amides is 1. The number of halogens is 1. The van der Waals surface area contributed by atoms with Crippen LogP contribution in [0.1, 0.15) is 10.4 Å². The fourth-order valence-corrected chi connectivity index (χ4v) is 2.45. The van der Waals surface area contributed by atoms with E-state index in [1.54, 1.807) is 0 Å². The number of sulfonamides is 1. The summed E-state index contributed by atoms with van der Waals surface area (Å²) in [6.07, 6.45) is 0. The Kier molecular flexibility index (Phi) is 7.43. The maximum atomic E-state index is 11.9. The first-order chi connectivity index (χ1) is 10.8. The Balaban J connectivity index is 2.76. The van der Waals surface area contributed by atoms with Crippen LogP contribution in [0.5, 0.6) is 0 Å². The number of carbonyl (C=O) groups is 2. The van der Waals surface area contributed by atoms with Gasteiger partial charge in [-0.2, -0.15) is 0 Å². The predicted octanol–water partition coefficient (Wildman–Crippen LogP) is 0.167. The van der Waals surface area contributed by atoms with Crippen LogP contribution in [0.25, 0.3) is 0 Å². The highest BCUT2D eigenvalue weighted by Gasteiger charge is 2.19. The van der Waals surface area contributed by atoms with Gasteiger partial charge < -0.3 is 14.8 Å². The lowest BCUT2D eigenvalue weighted by Crippen LogP contribution is -2.31. The summed E-state index contributed by atoms with van der Waals surface area (Å²) in [6, 6.07) is 3.60. The molecular formula is C13H17ClN2O6S. The van der Waals surface area contributed by atoms with Gasteiger partial charge in [0.25, 0.3) is 5.91 Å². The number of esters is 1. The normalized spacial score (nSPS) is 11.1. The fraction of sp³-hybridized carbons (Fsp3) is 0.385. The van der Waals surface area contributed by atoms with Gasteiger partial charge >= 0.3 is 5.97 Å². The van der Waals surface area contributed by atoms with Crippen molar-refractivity contribution in [3.63, 3.8) is 0 Å². The molecular weight excluding hydrogens is 348 g/mol. The van der Waals surface area contributed by atoms with Crippen molar-refractivity contribution in [3.8, 4) is 0 Å². The van der Waals surface area contributed by atoms with Crippen molar-refractivity contribution >= 4 is 33.5 Å². The summed E-state index contributed by atoms with van der Waals surface area (Å²) >= 11 is 5.87. The Morgan fingerprint density at radius 1 is 1.30 bits per heavy atom. The summed E-state index contributed by atoms with van der Waals surface area (Å²) < 4.78 is 35.1. The highest BCUT2D eigenvalue weighted by molar-refractivity contribution is 7.89. The average Bonchev–Trinajstić information content (AvgIpc) is 2.53. The number of hydrogen-bond donors (Lipinski definition) is 2. The van der Waals surface area contributed by atoms with Crippen molar-refractivity contribution in [3.05, 3.63) is 28.8 Å². The summed E-state index contributed by atoms with van der Waals surface area (Å²) in [5.41, 5.74) is -0.146. The van der Waals surface area contributed by atoms with Crippen molar-refractivity contribution in [2.75, 3.05) is 33.9 Å². The molecule has 0 bridgehead atoms. The van der Waals surface area contributed by atoms with E-state index in [-0.39, 0.29) is 22.0 Å². The molecule has 128 valence electrons. The van der Waals surface area contributed by atoms with Crippen molar-refractivity contribution in [1.82, 2.24) is 10.0 Å². The molecule has 0 aliphatic carbocycles.